The third-order valence-electron chi connectivity index (χ3n) is 2.50. The van der Waals surface area contributed by atoms with E-state index in [-0.39, 0.29) is 11.9 Å². The highest BCUT2D eigenvalue weighted by Gasteiger charge is 2.13. The van der Waals surface area contributed by atoms with Crippen molar-refractivity contribution in [1.82, 2.24) is 10.3 Å². The molecule has 0 bridgehead atoms. The monoisotopic (exact) mass is 311 g/mol. The van der Waals surface area contributed by atoms with Gasteiger partial charge in [0.25, 0.3) is 0 Å². The molecular weight excluding hydrogens is 294 g/mol. The van der Waals surface area contributed by atoms with Gasteiger partial charge in [-0.05, 0) is 54.4 Å². The van der Waals surface area contributed by atoms with Gasteiger partial charge in [-0.3, -0.25) is 4.79 Å². The summed E-state index contributed by atoms with van der Waals surface area (Å²) < 4.78 is 0.704. The molecule has 1 atom stereocenters. The van der Waals surface area contributed by atoms with Crippen LogP contribution in [0.25, 0.3) is 0 Å². The lowest BCUT2D eigenvalue weighted by atomic mass is 10.2. The molecule has 1 rings (SSSR count). The van der Waals surface area contributed by atoms with Crippen molar-refractivity contribution in [2.45, 2.75) is 26.3 Å². The molecule has 0 aromatic carbocycles. The van der Waals surface area contributed by atoms with Gasteiger partial charge >= 0.3 is 0 Å². The Hall–Kier alpha value is -1.20. The number of hydrogen-bond acceptors (Lipinski definition) is 3. The topological polar surface area (TPSA) is 54.0 Å². The van der Waals surface area contributed by atoms with Gasteiger partial charge in [-0.2, -0.15) is 0 Å². The summed E-state index contributed by atoms with van der Waals surface area (Å²) in [6.45, 7) is 8.11. The first-order valence-corrected chi connectivity index (χ1v) is 6.62. The van der Waals surface area contributed by atoms with Gasteiger partial charge < -0.3 is 10.6 Å². The van der Waals surface area contributed by atoms with Gasteiger partial charge in [0, 0.05) is 0 Å². The maximum atomic E-state index is 11.9. The van der Waals surface area contributed by atoms with Crippen molar-refractivity contribution in [3.8, 4) is 0 Å². The van der Waals surface area contributed by atoms with Gasteiger partial charge in [0.05, 0.1) is 6.04 Å². The van der Waals surface area contributed by atoms with Crippen LogP contribution in [0.1, 0.15) is 18.9 Å². The SMILES string of the molecule is C=CCCNC(C)C(=O)Nc1nc(Br)ccc1C. The molecule has 0 saturated heterocycles. The summed E-state index contributed by atoms with van der Waals surface area (Å²) >= 11 is 3.29. The standard InChI is InChI=1S/C13H18BrN3O/c1-4-5-8-15-10(3)13(18)17-12-9(2)6-7-11(14)16-12/h4,6-7,10,15H,1,5,8H2,2-3H3,(H,16,17,18). The molecule has 0 aliphatic rings. The molecule has 4 nitrogen and oxygen atoms in total. The average Bonchev–Trinajstić information content (AvgIpc) is 2.34. The molecule has 1 aromatic heterocycles. The number of anilines is 1. The third kappa shape index (κ3) is 4.58. The molecule has 0 spiro atoms. The van der Waals surface area contributed by atoms with Gasteiger partial charge in [-0.1, -0.05) is 12.1 Å². The van der Waals surface area contributed by atoms with E-state index in [1.54, 1.807) is 0 Å². The van der Waals surface area contributed by atoms with E-state index in [0.29, 0.717) is 10.4 Å². The molecule has 0 aliphatic carbocycles. The quantitative estimate of drug-likeness (QED) is 0.482. The number of hydrogen-bond donors (Lipinski definition) is 2. The number of aromatic nitrogens is 1. The van der Waals surface area contributed by atoms with E-state index in [1.807, 2.05) is 32.1 Å². The van der Waals surface area contributed by atoms with Gasteiger partial charge in [-0.15, -0.1) is 6.58 Å². The molecule has 1 heterocycles. The van der Waals surface area contributed by atoms with Crippen LogP contribution in [0.15, 0.2) is 29.4 Å². The predicted molar refractivity (Wildman–Crippen MR) is 77.6 cm³/mol. The lowest BCUT2D eigenvalue weighted by Crippen LogP contribution is -2.38. The van der Waals surface area contributed by atoms with Crippen molar-refractivity contribution in [3.05, 3.63) is 35.0 Å². The first-order chi connectivity index (χ1) is 8.54. The number of aryl methyl sites for hydroxylation is 1. The first kappa shape index (κ1) is 14.9. The lowest BCUT2D eigenvalue weighted by Gasteiger charge is -2.14. The van der Waals surface area contributed by atoms with Crippen molar-refractivity contribution >= 4 is 27.7 Å². The zero-order valence-electron chi connectivity index (χ0n) is 10.7. The van der Waals surface area contributed by atoms with E-state index in [0.717, 1.165) is 18.5 Å². The maximum absolute atomic E-state index is 11.9. The average molecular weight is 312 g/mol. The van der Waals surface area contributed by atoms with E-state index in [1.165, 1.54) is 0 Å². The van der Waals surface area contributed by atoms with Crippen LogP contribution < -0.4 is 10.6 Å². The van der Waals surface area contributed by atoms with E-state index in [4.69, 9.17) is 0 Å². The fourth-order valence-corrected chi connectivity index (χ4v) is 1.66. The number of nitrogens with one attached hydrogen (secondary N) is 2. The number of halogens is 1. The van der Waals surface area contributed by atoms with E-state index in [9.17, 15) is 4.79 Å². The summed E-state index contributed by atoms with van der Waals surface area (Å²) in [6.07, 6.45) is 2.66. The molecule has 1 aromatic rings. The van der Waals surface area contributed by atoms with Crippen LogP contribution in [-0.2, 0) is 4.79 Å². The smallest absolute Gasteiger partial charge is 0.242 e. The van der Waals surface area contributed by atoms with Crippen molar-refractivity contribution in [2.24, 2.45) is 0 Å². The molecule has 1 unspecified atom stereocenters. The molecule has 0 saturated carbocycles. The normalized spacial score (nSPS) is 11.9. The minimum atomic E-state index is -0.259. The van der Waals surface area contributed by atoms with Crippen LogP contribution in [-0.4, -0.2) is 23.5 Å². The highest BCUT2D eigenvalue weighted by atomic mass is 79.9. The first-order valence-electron chi connectivity index (χ1n) is 5.83. The van der Waals surface area contributed by atoms with E-state index in [2.05, 4.69) is 38.1 Å². The Morgan fingerprint density at radius 2 is 2.33 bits per heavy atom. The summed E-state index contributed by atoms with van der Waals surface area (Å²) in [5.74, 6) is 0.500. The molecule has 0 aliphatic heterocycles. The molecule has 18 heavy (non-hydrogen) atoms. The highest BCUT2D eigenvalue weighted by molar-refractivity contribution is 9.10. The Morgan fingerprint density at radius 3 is 3.00 bits per heavy atom. The number of nitrogens with zero attached hydrogens (tertiary/aromatic N) is 1. The minimum absolute atomic E-state index is 0.0900. The summed E-state index contributed by atoms with van der Waals surface area (Å²) in [5.41, 5.74) is 0.935. The zero-order chi connectivity index (χ0) is 13.5. The zero-order valence-corrected chi connectivity index (χ0v) is 12.3. The number of carbonyl (C=O) groups is 1. The van der Waals surface area contributed by atoms with Crippen molar-refractivity contribution in [3.63, 3.8) is 0 Å². The van der Waals surface area contributed by atoms with Crippen LogP contribution in [0, 0.1) is 6.92 Å². The van der Waals surface area contributed by atoms with Gasteiger partial charge in [0.1, 0.15) is 10.4 Å². The Morgan fingerprint density at radius 1 is 1.61 bits per heavy atom. The van der Waals surface area contributed by atoms with Crippen LogP contribution >= 0.6 is 15.9 Å². The number of pyridine rings is 1. The molecule has 0 radical (unpaired) electrons. The lowest BCUT2D eigenvalue weighted by molar-refractivity contribution is -0.117. The minimum Gasteiger partial charge on any atom is -0.309 e. The highest BCUT2D eigenvalue weighted by Crippen LogP contribution is 2.15. The van der Waals surface area contributed by atoms with Crippen LogP contribution in [0.4, 0.5) is 5.82 Å². The fraction of sp³-hybridized carbons (Fsp3) is 0.385. The van der Waals surface area contributed by atoms with Gasteiger partial charge in [0.2, 0.25) is 5.91 Å². The fourth-order valence-electron chi connectivity index (χ4n) is 1.35. The molecule has 5 heteroatoms. The molecular formula is C13H18BrN3O. The van der Waals surface area contributed by atoms with Crippen molar-refractivity contribution in [2.75, 3.05) is 11.9 Å². The summed E-state index contributed by atoms with van der Waals surface area (Å²) in [7, 11) is 0. The molecule has 0 fully saturated rings. The summed E-state index contributed by atoms with van der Waals surface area (Å²) in [6, 6.07) is 3.49. The summed E-state index contributed by atoms with van der Waals surface area (Å²) in [4.78, 5) is 16.1. The number of carbonyl (C=O) groups excluding carboxylic acids is 1. The van der Waals surface area contributed by atoms with Crippen LogP contribution in [0.5, 0.6) is 0 Å². The largest absolute Gasteiger partial charge is 0.309 e. The second-order valence-electron chi connectivity index (χ2n) is 4.04. The van der Waals surface area contributed by atoms with E-state index < -0.39 is 0 Å². The van der Waals surface area contributed by atoms with Crippen molar-refractivity contribution in [1.29, 1.82) is 0 Å². The molecule has 2 N–H and O–H groups in total. The third-order valence-corrected chi connectivity index (χ3v) is 2.94. The summed E-state index contributed by atoms with van der Waals surface area (Å²) in [5, 5.41) is 5.92. The number of amides is 1. The second kappa shape index (κ2) is 7.28. The Labute approximate surface area is 116 Å². The van der Waals surface area contributed by atoms with Crippen LogP contribution in [0.2, 0.25) is 0 Å². The second-order valence-corrected chi connectivity index (χ2v) is 4.85. The Bertz CT molecular complexity index is 434. The molecule has 1 amide bonds. The Balaban J connectivity index is 2.58. The Kier molecular flexibility index (Phi) is 6.01. The van der Waals surface area contributed by atoms with E-state index >= 15 is 0 Å². The van der Waals surface area contributed by atoms with Crippen LogP contribution in [0.3, 0.4) is 0 Å². The molecule has 98 valence electrons. The maximum Gasteiger partial charge on any atom is 0.242 e. The number of rotatable bonds is 6. The van der Waals surface area contributed by atoms with Crippen molar-refractivity contribution < 1.29 is 4.79 Å². The van der Waals surface area contributed by atoms with Gasteiger partial charge in [0.15, 0.2) is 0 Å². The predicted octanol–water partition coefficient (Wildman–Crippen LogP) is 2.65. The van der Waals surface area contributed by atoms with Gasteiger partial charge in [-0.25, -0.2) is 4.98 Å².